The van der Waals surface area contributed by atoms with Crippen LogP contribution in [-0.4, -0.2) is 30.8 Å². The van der Waals surface area contributed by atoms with Crippen LogP contribution in [0.2, 0.25) is 10.0 Å². The lowest BCUT2D eigenvalue weighted by Crippen LogP contribution is -2.38. The first kappa shape index (κ1) is 17.2. The third kappa shape index (κ3) is 3.42. The van der Waals surface area contributed by atoms with Crippen molar-refractivity contribution in [3.63, 3.8) is 0 Å². The first-order valence-electron chi connectivity index (χ1n) is 7.26. The highest BCUT2D eigenvalue weighted by atomic mass is 35.5. The van der Waals surface area contributed by atoms with Crippen molar-refractivity contribution in [2.75, 3.05) is 13.1 Å². The van der Waals surface area contributed by atoms with Gasteiger partial charge in [-0.3, -0.25) is 0 Å². The fourth-order valence-electron chi connectivity index (χ4n) is 2.76. The number of halogens is 2. The molecule has 0 N–H and O–H groups in total. The van der Waals surface area contributed by atoms with Gasteiger partial charge in [-0.05, 0) is 31.9 Å². The maximum atomic E-state index is 12.8. The van der Waals surface area contributed by atoms with Crippen molar-refractivity contribution in [2.24, 2.45) is 0 Å². The molecular weight excluding hydrogens is 375 g/mol. The third-order valence-corrected chi connectivity index (χ3v) is 7.94. The minimum absolute atomic E-state index is 0.00637. The molecule has 4 nitrogen and oxygen atoms in total. The van der Waals surface area contributed by atoms with Gasteiger partial charge in [0.25, 0.3) is 0 Å². The Balaban J connectivity index is 1.79. The highest BCUT2D eigenvalue weighted by Crippen LogP contribution is 2.36. The second-order valence-corrected chi connectivity index (χ2v) is 9.14. The number of aryl methyl sites for hydroxylation is 1. The van der Waals surface area contributed by atoms with Crippen molar-refractivity contribution in [2.45, 2.75) is 30.6 Å². The first-order valence-corrected chi connectivity index (χ1v) is 10.3. The third-order valence-electron chi connectivity index (χ3n) is 3.96. The van der Waals surface area contributed by atoms with E-state index < -0.39 is 10.0 Å². The summed E-state index contributed by atoms with van der Waals surface area (Å²) in [6.07, 6.45) is 1.52. The zero-order valence-corrected chi connectivity index (χ0v) is 15.6. The number of benzene rings is 1. The van der Waals surface area contributed by atoms with Crippen molar-refractivity contribution in [3.05, 3.63) is 44.3 Å². The Labute approximate surface area is 150 Å². The van der Waals surface area contributed by atoms with Crippen LogP contribution in [0.25, 0.3) is 0 Å². The average Bonchev–Trinajstić information content (AvgIpc) is 2.93. The van der Waals surface area contributed by atoms with Crippen LogP contribution >= 0.6 is 34.5 Å². The van der Waals surface area contributed by atoms with Crippen LogP contribution in [-0.2, 0) is 10.0 Å². The van der Waals surface area contributed by atoms with Gasteiger partial charge in [0, 0.05) is 30.1 Å². The standard InChI is InChI=1S/C15H16Cl2N2O2S2/c1-10-9-22-15(18-10)11-5-7-19(8-6-11)23(20,21)14-12(16)3-2-4-13(14)17/h2-4,9,11H,5-8H2,1H3. The molecule has 2 aromatic rings. The van der Waals surface area contributed by atoms with Gasteiger partial charge in [-0.15, -0.1) is 11.3 Å². The van der Waals surface area contributed by atoms with E-state index in [2.05, 4.69) is 4.98 Å². The predicted molar refractivity (Wildman–Crippen MR) is 94.0 cm³/mol. The Morgan fingerprint density at radius 2 is 1.83 bits per heavy atom. The number of rotatable bonds is 3. The van der Waals surface area contributed by atoms with Crippen molar-refractivity contribution in [1.29, 1.82) is 0 Å². The summed E-state index contributed by atoms with van der Waals surface area (Å²) in [5.74, 6) is 0.321. The fraction of sp³-hybridized carbons (Fsp3) is 0.400. The number of aromatic nitrogens is 1. The van der Waals surface area contributed by atoms with Gasteiger partial charge in [0.2, 0.25) is 10.0 Å². The number of hydrogen-bond acceptors (Lipinski definition) is 4. The summed E-state index contributed by atoms with van der Waals surface area (Å²) in [7, 11) is -3.67. The monoisotopic (exact) mass is 390 g/mol. The molecule has 1 aliphatic rings. The quantitative estimate of drug-likeness (QED) is 0.783. The van der Waals surface area contributed by atoms with Crippen LogP contribution in [0, 0.1) is 6.92 Å². The fourth-order valence-corrected chi connectivity index (χ4v) is 6.29. The lowest BCUT2D eigenvalue weighted by Gasteiger charge is -2.30. The predicted octanol–water partition coefficient (Wildman–Crippen LogP) is 4.33. The molecule has 0 aliphatic carbocycles. The van der Waals surface area contributed by atoms with Crippen molar-refractivity contribution in [3.8, 4) is 0 Å². The SMILES string of the molecule is Cc1csc(C2CCN(S(=O)(=O)c3c(Cl)cccc3Cl)CC2)n1. The van der Waals surface area contributed by atoms with E-state index in [0.29, 0.717) is 19.0 Å². The first-order chi connectivity index (χ1) is 10.9. The van der Waals surface area contributed by atoms with Crippen LogP contribution < -0.4 is 0 Å². The minimum Gasteiger partial charge on any atom is -0.246 e. The van der Waals surface area contributed by atoms with E-state index in [1.54, 1.807) is 29.5 Å². The summed E-state index contributed by atoms with van der Waals surface area (Å²) in [4.78, 5) is 4.52. The van der Waals surface area contributed by atoms with E-state index in [0.717, 1.165) is 23.5 Å². The molecule has 8 heteroatoms. The summed E-state index contributed by atoms with van der Waals surface area (Å²) in [5, 5.41) is 3.45. The number of piperidine rings is 1. The largest absolute Gasteiger partial charge is 0.246 e. The van der Waals surface area contributed by atoms with Gasteiger partial charge < -0.3 is 0 Å². The van der Waals surface area contributed by atoms with Crippen molar-refractivity contribution >= 4 is 44.6 Å². The summed E-state index contributed by atoms with van der Waals surface area (Å²) in [5.41, 5.74) is 1.02. The van der Waals surface area contributed by atoms with E-state index in [9.17, 15) is 8.42 Å². The van der Waals surface area contributed by atoms with Gasteiger partial charge in [-0.25, -0.2) is 13.4 Å². The normalized spacial score (nSPS) is 17.5. The molecular formula is C15H16Cl2N2O2S2. The Morgan fingerprint density at radius 1 is 1.22 bits per heavy atom. The second-order valence-electron chi connectivity index (χ2n) is 5.56. The van der Waals surface area contributed by atoms with Gasteiger partial charge in [-0.2, -0.15) is 4.31 Å². The number of thiazole rings is 1. The lowest BCUT2D eigenvalue weighted by atomic mass is 9.99. The summed E-state index contributed by atoms with van der Waals surface area (Å²) >= 11 is 13.8. The Morgan fingerprint density at radius 3 is 2.35 bits per heavy atom. The highest BCUT2D eigenvalue weighted by Gasteiger charge is 2.33. The van der Waals surface area contributed by atoms with E-state index in [1.807, 2.05) is 12.3 Å². The Kier molecular flexibility index (Phi) is 4.99. The molecule has 124 valence electrons. The molecule has 0 spiro atoms. The number of hydrogen-bond donors (Lipinski definition) is 0. The van der Waals surface area contributed by atoms with Crippen LogP contribution in [0.15, 0.2) is 28.5 Å². The number of sulfonamides is 1. The van der Waals surface area contributed by atoms with E-state index >= 15 is 0 Å². The molecule has 23 heavy (non-hydrogen) atoms. The molecule has 1 saturated heterocycles. The molecule has 1 aromatic carbocycles. The second kappa shape index (κ2) is 6.69. The van der Waals surface area contributed by atoms with Crippen LogP contribution in [0.3, 0.4) is 0 Å². The van der Waals surface area contributed by atoms with Crippen LogP contribution in [0.5, 0.6) is 0 Å². The molecule has 0 radical (unpaired) electrons. The smallest absolute Gasteiger partial charge is 0.246 e. The van der Waals surface area contributed by atoms with E-state index in [-0.39, 0.29) is 14.9 Å². The molecule has 0 unspecified atom stereocenters. The molecule has 0 saturated carbocycles. The van der Waals surface area contributed by atoms with Gasteiger partial charge in [0.15, 0.2) is 0 Å². The molecule has 1 aliphatic heterocycles. The van der Waals surface area contributed by atoms with Crippen LogP contribution in [0.4, 0.5) is 0 Å². The van der Waals surface area contributed by atoms with Crippen molar-refractivity contribution in [1.82, 2.24) is 9.29 Å². The topological polar surface area (TPSA) is 50.3 Å². The van der Waals surface area contributed by atoms with Crippen molar-refractivity contribution < 1.29 is 8.42 Å². The zero-order chi connectivity index (χ0) is 16.6. The van der Waals surface area contributed by atoms with Gasteiger partial charge in [0.05, 0.1) is 15.1 Å². The maximum Gasteiger partial charge on any atom is 0.246 e. The molecule has 3 rings (SSSR count). The molecule has 0 bridgehead atoms. The van der Waals surface area contributed by atoms with Gasteiger partial charge >= 0.3 is 0 Å². The van der Waals surface area contributed by atoms with E-state index in [1.165, 1.54) is 4.31 Å². The number of nitrogens with zero attached hydrogens (tertiary/aromatic N) is 2. The minimum atomic E-state index is -3.67. The zero-order valence-electron chi connectivity index (χ0n) is 12.5. The lowest BCUT2D eigenvalue weighted by molar-refractivity contribution is 0.319. The molecule has 0 amide bonds. The summed E-state index contributed by atoms with van der Waals surface area (Å²) in [6, 6.07) is 4.73. The van der Waals surface area contributed by atoms with Crippen LogP contribution in [0.1, 0.15) is 29.5 Å². The Bertz CT molecular complexity index is 792. The maximum absolute atomic E-state index is 12.8. The van der Waals surface area contributed by atoms with E-state index in [4.69, 9.17) is 23.2 Å². The molecule has 0 atom stereocenters. The van der Waals surface area contributed by atoms with Gasteiger partial charge in [0.1, 0.15) is 4.90 Å². The average molecular weight is 391 g/mol. The van der Waals surface area contributed by atoms with Gasteiger partial charge in [-0.1, -0.05) is 29.3 Å². The molecule has 2 heterocycles. The Hall–Kier alpha value is -0.660. The summed E-state index contributed by atoms with van der Waals surface area (Å²) < 4.78 is 27.1. The summed E-state index contributed by atoms with van der Waals surface area (Å²) in [6.45, 7) is 2.87. The molecule has 1 fully saturated rings. The molecule has 1 aromatic heterocycles. The highest BCUT2D eigenvalue weighted by molar-refractivity contribution is 7.89.